The molecule has 0 aliphatic rings. The summed E-state index contributed by atoms with van der Waals surface area (Å²) in [5.41, 5.74) is 0. The van der Waals surface area contributed by atoms with Gasteiger partial charge in [0.25, 0.3) is 0 Å². The highest BCUT2D eigenvalue weighted by Gasteiger charge is 2.10. The van der Waals surface area contributed by atoms with Gasteiger partial charge < -0.3 is 29.9 Å². The van der Waals surface area contributed by atoms with Crippen LogP contribution in [0.15, 0.2) is 0 Å². The van der Waals surface area contributed by atoms with Gasteiger partial charge in [0.15, 0.2) is 12.6 Å². The Labute approximate surface area is 91.0 Å². The molecule has 0 radical (unpaired) electrons. The topological polar surface area (TPSA) is 134 Å². The largest absolute Gasteiger partial charge is 0.462 e. The van der Waals surface area contributed by atoms with E-state index in [4.69, 9.17) is 20.4 Å². The van der Waals surface area contributed by atoms with Crippen molar-refractivity contribution in [2.24, 2.45) is 0 Å². The fourth-order valence-electron chi connectivity index (χ4n) is 0.727. The minimum atomic E-state index is -1.78. The predicted molar refractivity (Wildman–Crippen MR) is 47.6 cm³/mol. The van der Waals surface area contributed by atoms with E-state index in [0.717, 1.165) is 0 Å². The van der Waals surface area contributed by atoms with Gasteiger partial charge in [0.2, 0.25) is 0 Å². The Kier molecular flexibility index (Phi) is 7.38. The number of aliphatic hydroxyl groups is 4. The van der Waals surface area contributed by atoms with Crippen molar-refractivity contribution in [3.05, 3.63) is 0 Å². The minimum Gasteiger partial charge on any atom is -0.462 e. The summed E-state index contributed by atoms with van der Waals surface area (Å²) in [6.07, 6.45) is -4.69. The van der Waals surface area contributed by atoms with Crippen LogP contribution in [0.5, 0.6) is 0 Å². The Morgan fingerprint density at radius 3 is 1.38 bits per heavy atom. The van der Waals surface area contributed by atoms with Crippen molar-refractivity contribution in [1.82, 2.24) is 0 Å². The monoisotopic (exact) mass is 238 g/mol. The van der Waals surface area contributed by atoms with Crippen molar-refractivity contribution in [1.29, 1.82) is 0 Å². The number of carbonyl (C=O) groups excluding carboxylic acids is 2. The molecule has 0 atom stereocenters. The highest BCUT2D eigenvalue weighted by Crippen LogP contribution is 1.93. The molecule has 4 N–H and O–H groups in total. The molecular formula is C8H14O8. The second-order valence-corrected chi connectivity index (χ2v) is 2.81. The van der Waals surface area contributed by atoms with E-state index < -0.39 is 37.4 Å². The van der Waals surface area contributed by atoms with Crippen LogP contribution in [0, 0.1) is 0 Å². The number of ether oxygens (including phenoxy) is 2. The first kappa shape index (κ1) is 14.8. The number of hydrogen-bond donors (Lipinski definition) is 4. The summed E-state index contributed by atoms with van der Waals surface area (Å²) in [5.74, 6) is -1.68. The fourth-order valence-corrected chi connectivity index (χ4v) is 0.727. The van der Waals surface area contributed by atoms with Gasteiger partial charge in [-0.1, -0.05) is 0 Å². The summed E-state index contributed by atoms with van der Waals surface area (Å²) in [7, 11) is 0. The molecule has 16 heavy (non-hydrogen) atoms. The Morgan fingerprint density at radius 2 is 1.12 bits per heavy atom. The third-order valence-corrected chi connectivity index (χ3v) is 1.31. The summed E-state index contributed by atoms with van der Waals surface area (Å²) in [4.78, 5) is 21.4. The smallest absolute Gasteiger partial charge is 0.311 e. The van der Waals surface area contributed by atoms with E-state index in [1.54, 1.807) is 0 Å². The SMILES string of the molecule is O=C(CC(O)O)OCCOC(=O)CC(O)O. The summed E-state index contributed by atoms with van der Waals surface area (Å²) >= 11 is 0. The lowest BCUT2D eigenvalue weighted by molar-refractivity contribution is -0.161. The Morgan fingerprint density at radius 1 is 0.812 bits per heavy atom. The molecule has 0 spiro atoms. The van der Waals surface area contributed by atoms with Gasteiger partial charge in [-0.15, -0.1) is 0 Å². The molecule has 0 saturated carbocycles. The molecule has 0 aliphatic heterocycles. The van der Waals surface area contributed by atoms with Crippen LogP contribution in [0.1, 0.15) is 12.8 Å². The van der Waals surface area contributed by atoms with E-state index in [2.05, 4.69) is 9.47 Å². The second kappa shape index (κ2) is 7.99. The van der Waals surface area contributed by atoms with E-state index in [9.17, 15) is 9.59 Å². The van der Waals surface area contributed by atoms with Crippen LogP contribution in [0.25, 0.3) is 0 Å². The summed E-state index contributed by atoms with van der Waals surface area (Å²) in [5, 5.41) is 33.5. The van der Waals surface area contributed by atoms with Gasteiger partial charge >= 0.3 is 11.9 Å². The molecule has 0 rings (SSSR count). The zero-order valence-electron chi connectivity index (χ0n) is 8.40. The van der Waals surface area contributed by atoms with Crippen LogP contribution in [-0.2, 0) is 19.1 Å². The molecule has 0 unspecified atom stereocenters. The van der Waals surface area contributed by atoms with Crippen molar-refractivity contribution in [3.63, 3.8) is 0 Å². The quantitative estimate of drug-likeness (QED) is 0.217. The van der Waals surface area contributed by atoms with Crippen LogP contribution in [-0.4, -0.2) is 58.2 Å². The van der Waals surface area contributed by atoms with Crippen molar-refractivity contribution in [2.75, 3.05) is 13.2 Å². The van der Waals surface area contributed by atoms with Crippen LogP contribution in [0.2, 0.25) is 0 Å². The number of carbonyl (C=O) groups is 2. The zero-order chi connectivity index (χ0) is 12.6. The molecule has 0 amide bonds. The normalized spacial score (nSPS) is 10.6. The molecule has 0 saturated heterocycles. The van der Waals surface area contributed by atoms with Crippen molar-refractivity contribution < 1.29 is 39.5 Å². The van der Waals surface area contributed by atoms with Crippen molar-refractivity contribution in [2.45, 2.75) is 25.4 Å². The molecule has 0 fully saturated rings. The van der Waals surface area contributed by atoms with Crippen molar-refractivity contribution in [3.8, 4) is 0 Å². The lowest BCUT2D eigenvalue weighted by atomic mass is 10.4. The first-order chi connectivity index (χ1) is 7.41. The van der Waals surface area contributed by atoms with E-state index in [-0.39, 0.29) is 13.2 Å². The average molecular weight is 238 g/mol. The summed E-state index contributed by atoms with van der Waals surface area (Å²) in [6, 6.07) is 0. The van der Waals surface area contributed by atoms with Gasteiger partial charge in [0, 0.05) is 0 Å². The maximum Gasteiger partial charge on any atom is 0.311 e. The van der Waals surface area contributed by atoms with E-state index in [0.29, 0.717) is 0 Å². The fraction of sp³-hybridized carbons (Fsp3) is 0.750. The summed E-state index contributed by atoms with van der Waals surface area (Å²) in [6.45, 7) is -0.475. The Hall–Kier alpha value is -1.22. The molecule has 0 aromatic heterocycles. The minimum absolute atomic E-state index is 0.237. The van der Waals surface area contributed by atoms with E-state index in [1.807, 2.05) is 0 Å². The number of rotatable bonds is 7. The van der Waals surface area contributed by atoms with E-state index >= 15 is 0 Å². The molecular weight excluding hydrogens is 224 g/mol. The van der Waals surface area contributed by atoms with Crippen LogP contribution >= 0.6 is 0 Å². The average Bonchev–Trinajstić information content (AvgIpc) is 2.10. The second-order valence-electron chi connectivity index (χ2n) is 2.81. The van der Waals surface area contributed by atoms with Crippen molar-refractivity contribution >= 4 is 11.9 Å². The van der Waals surface area contributed by atoms with Gasteiger partial charge in [-0.05, 0) is 0 Å². The number of aliphatic hydroxyl groups excluding tert-OH is 2. The molecule has 0 bridgehead atoms. The van der Waals surface area contributed by atoms with Gasteiger partial charge in [-0.2, -0.15) is 0 Å². The van der Waals surface area contributed by atoms with E-state index in [1.165, 1.54) is 0 Å². The van der Waals surface area contributed by atoms with Crippen LogP contribution in [0.3, 0.4) is 0 Å². The zero-order valence-corrected chi connectivity index (χ0v) is 8.40. The lowest BCUT2D eigenvalue weighted by Gasteiger charge is -2.07. The predicted octanol–water partition coefficient (Wildman–Crippen LogP) is -2.53. The first-order valence-corrected chi connectivity index (χ1v) is 4.45. The number of esters is 2. The Balaban J connectivity index is 3.46. The molecule has 0 heterocycles. The van der Waals surface area contributed by atoms with Crippen LogP contribution in [0.4, 0.5) is 0 Å². The highest BCUT2D eigenvalue weighted by atomic mass is 16.6. The Bertz CT molecular complexity index is 200. The van der Waals surface area contributed by atoms with Crippen LogP contribution < -0.4 is 0 Å². The third-order valence-electron chi connectivity index (χ3n) is 1.31. The summed E-state index contributed by atoms with van der Waals surface area (Å²) < 4.78 is 8.89. The molecule has 8 nitrogen and oxygen atoms in total. The van der Waals surface area contributed by atoms with Gasteiger partial charge in [-0.3, -0.25) is 9.59 Å². The molecule has 8 heteroatoms. The molecule has 0 aliphatic carbocycles. The maximum atomic E-state index is 10.7. The third kappa shape index (κ3) is 9.34. The van der Waals surface area contributed by atoms with Gasteiger partial charge in [-0.25, -0.2) is 0 Å². The molecule has 0 aromatic carbocycles. The lowest BCUT2D eigenvalue weighted by Crippen LogP contribution is -2.20. The molecule has 0 aromatic rings. The van der Waals surface area contributed by atoms with Gasteiger partial charge in [0.05, 0.1) is 12.8 Å². The molecule has 94 valence electrons. The van der Waals surface area contributed by atoms with Gasteiger partial charge in [0.1, 0.15) is 13.2 Å². The standard InChI is InChI=1S/C8H14O8/c9-5(10)3-7(13)15-1-2-16-8(14)4-6(11)12/h5-6,9-12H,1-4H2. The highest BCUT2D eigenvalue weighted by molar-refractivity contribution is 5.70. The first-order valence-electron chi connectivity index (χ1n) is 4.45. The number of hydrogen-bond acceptors (Lipinski definition) is 8. The maximum absolute atomic E-state index is 10.7.